The number of halogens is 1. The second-order valence-corrected chi connectivity index (χ2v) is 5.78. The van der Waals surface area contributed by atoms with Crippen LogP contribution in [0.1, 0.15) is 34.6 Å². The molecular weight excluding hydrogens is 322 g/mol. The zero-order chi connectivity index (χ0) is 15.3. The highest BCUT2D eigenvalue weighted by Gasteiger charge is 2.16. The van der Waals surface area contributed by atoms with Gasteiger partial charge < -0.3 is 9.15 Å². The second-order valence-electron chi connectivity index (χ2n) is 4.92. The molecule has 20 heavy (non-hydrogen) atoms. The van der Waals surface area contributed by atoms with Gasteiger partial charge in [-0.15, -0.1) is 0 Å². The quantitative estimate of drug-likeness (QED) is 0.737. The van der Waals surface area contributed by atoms with Crippen LogP contribution in [0, 0.1) is 0 Å². The van der Waals surface area contributed by atoms with E-state index in [2.05, 4.69) is 21.2 Å². The third kappa shape index (κ3) is 4.56. The van der Waals surface area contributed by atoms with Gasteiger partial charge in [0.2, 0.25) is 0 Å². The number of carbonyl (C=O) groups excluding carboxylic acids is 1. The summed E-state index contributed by atoms with van der Waals surface area (Å²) in [5, 5.41) is 3.60. The molecule has 2 rings (SSSR count). The third-order valence-electron chi connectivity index (χ3n) is 2.15. The van der Waals surface area contributed by atoms with Crippen molar-refractivity contribution in [1.29, 1.82) is 0 Å². The highest BCUT2D eigenvalue weighted by atomic mass is 79.9. The number of hydrogen-bond acceptors (Lipinski definition) is 3. The number of hydrogen-bond donors (Lipinski definition) is 1. The summed E-state index contributed by atoms with van der Waals surface area (Å²) in [4.78, 5) is 11.6. The van der Waals surface area contributed by atoms with Crippen molar-refractivity contribution >= 4 is 38.7 Å². The number of fused-ring (bicyclic) bond motifs is 1. The van der Waals surface area contributed by atoms with Crippen molar-refractivity contribution in [3.8, 4) is 0 Å². The molecule has 1 heterocycles. The van der Waals surface area contributed by atoms with Gasteiger partial charge in [0, 0.05) is 11.1 Å². The van der Waals surface area contributed by atoms with Crippen LogP contribution in [0.5, 0.6) is 0 Å². The van der Waals surface area contributed by atoms with E-state index in [1.54, 1.807) is 12.3 Å². The number of nitrogens with one attached hydrogen (secondary N) is 1. The molecule has 1 amide bonds. The molecule has 1 aromatic carbocycles. The predicted molar refractivity (Wildman–Crippen MR) is 85.1 cm³/mol. The second kappa shape index (κ2) is 6.79. The number of anilines is 1. The third-order valence-corrected chi connectivity index (χ3v) is 2.74. The van der Waals surface area contributed by atoms with E-state index >= 15 is 0 Å². The van der Waals surface area contributed by atoms with Crippen molar-refractivity contribution in [3.63, 3.8) is 0 Å². The number of rotatable bonds is 1. The monoisotopic (exact) mass is 341 g/mol. The maximum Gasteiger partial charge on any atom is 0.412 e. The summed E-state index contributed by atoms with van der Waals surface area (Å²) in [5.74, 6) is 0. The molecule has 0 atom stereocenters. The van der Waals surface area contributed by atoms with E-state index in [-0.39, 0.29) is 0 Å². The zero-order valence-electron chi connectivity index (χ0n) is 12.4. The maximum absolute atomic E-state index is 11.6. The average Bonchev–Trinajstić information content (AvgIpc) is 2.77. The molecule has 0 saturated heterocycles. The number of carbonyl (C=O) groups is 1. The number of amides is 1. The summed E-state index contributed by atoms with van der Waals surface area (Å²) in [5.41, 5.74) is 0.899. The van der Waals surface area contributed by atoms with Gasteiger partial charge in [-0.25, -0.2) is 4.79 Å². The Kier molecular flexibility index (Phi) is 5.62. The highest BCUT2D eigenvalue weighted by molar-refractivity contribution is 9.10. The van der Waals surface area contributed by atoms with Gasteiger partial charge in [0.1, 0.15) is 11.2 Å². The Bertz CT molecular complexity index is 584. The maximum atomic E-state index is 11.6. The summed E-state index contributed by atoms with van der Waals surface area (Å²) in [7, 11) is 0. The van der Waals surface area contributed by atoms with E-state index < -0.39 is 11.7 Å². The lowest BCUT2D eigenvalue weighted by molar-refractivity contribution is 0.0636. The standard InChI is InChI=1S/C13H14BrNO3.C2H6/c1-13(2,3)18-12(16)15-9-6-8-4-5-17-11(8)10(14)7-9;1-2/h4-7H,1-3H3,(H,15,16);1-2H3. The van der Waals surface area contributed by atoms with Gasteiger partial charge in [-0.2, -0.15) is 0 Å². The Balaban J connectivity index is 0.000000956. The van der Waals surface area contributed by atoms with E-state index in [4.69, 9.17) is 9.15 Å². The van der Waals surface area contributed by atoms with Crippen LogP contribution in [0.4, 0.5) is 10.5 Å². The lowest BCUT2D eigenvalue weighted by Gasteiger charge is -2.19. The van der Waals surface area contributed by atoms with Crippen LogP contribution in [0.3, 0.4) is 0 Å². The van der Waals surface area contributed by atoms with Crippen molar-refractivity contribution in [2.24, 2.45) is 0 Å². The summed E-state index contributed by atoms with van der Waals surface area (Å²) < 4.78 is 11.3. The molecule has 0 saturated carbocycles. The van der Waals surface area contributed by atoms with Gasteiger partial charge >= 0.3 is 6.09 Å². The lowest BCUT2D eigenvalue weighted by Crippen LogP contribution is -2.27. The molecule has 0 aliphatic rings. The van der Waals surface area contributed by atoms with Gasteiger partial charge in [-0.3, -0.25) is 5.32 Å². The fourth-order valence-electron chi connectivity index (χ4n) is 1.53. The molecular formula is C15H20BrNO3. The van der Waals surface area contributed by atoms with E-state index in [1.165, 1.54) is 0 Å². The minimum absolute atomic E-state index is 0.475. The van der Waals surface area contributed by atoms with Crippen molar-refractivity contribution in [3.05, 3.63) is 28.9 Å². The molecule has 110 valence electrons. The molecule has 5 heteroatoms. The van der Waals surface area contributed by atoms with Gasteiger partial charge in [-0.05, 0) is 54.9 Å². The number of benzene rings is 1. The first-order chi connectivity index (χ1) is 9.35. The Morgan fingerprint density at radius 1 is 1.30 bits per heavy atom. The minimum atomic E-state index is -0.513. The Hall–Kier alpha value is -1.49. The summed E-state index contributed by atoms with van der Waals surface area (Å²) in [6, 6.07) is 5.43. The van der Waals surface area contributed by atoms with E-state index in [1.807, 2.05) is 46.8 Å². The smallest absolute Gasteiger partial charge is 0.412 e. The molecule has 0 spiro atoms. The Morgan fingerprint density at radius 3 is 2.55 bits per heavy atom. The molecule has 0 aliphatic carbocycles. The first-order valence-electron chi connectivity index (χ1n) is 6.52. The van der Waals surface area contributed by atoms with Gasteiger partial charge in [0.05, 0.1) is 10.7 Å². The van der Waals surface area contributed by atoms with Gasteiger partial charge in [0.25, 0.3) is 0 Å². The SMILES string of the molecule is CC.CC(C)(C)OC(=O)Nc1cc(Br)c2occc2c1. The van der Waals surface area contributed by atoms with Gasteiger partial charge in [0.15, 0.2) is 0 Å². The normalized spacial score (nSPS) is 10.7. The first kappa shape index (κ1) is 16.6. The summed E-state index contributed by atoms with van der Waals surface area (Å²) in [6.07, 6.45) is 1.13. The van der Waals surface area contributed by atoms with E-state index in [0.717, 1.165) is 15.4 Å². The summed E-state index contributed by atoms with van der Waals surface area (Å²) >= 11 is 3.39. The first-order valence-corrected chi connectivity index (χ1v) is 7.31. The number of furan rings is 1. The molecule has 1 aromatic heterocycles. The molecule has 0 aliphatic heterocycles. The van der Waals surface area contributed by atoms with Crippen LogP contribution < -0.4 is 5.32 Å². The molecule has 0 fully saturated rings. The lowest BCUT2D eigenvalue weighted by atomic mass is 10.2. The van der Waals surface area contributed by atoms with Crippen LogP contribution in [0.15, 0.2) is 33.4 Å². The largest absolute Gasteiger partial charge is 0.463 e. The van der Waals surface area contributed by atoms with Crippen LogP contribution in [0.2, 0.25) is 0 Å². The van der Waals surface area contributed by atoms with Crippen molar-refractivity contribution in [2.75, 3.05) is 5.32 Å². The van der Waals surface area contributed by atoms with E-state index in [9.17, 15) is 4.79 Å². The fourth-order valence-corrected chi connectivity index (χ4v) is 2.10. The topological polar surface area (TPSA) is 51.5 Å². The van der Waals surface area contributed by atoms with Crippen LogP contribution in [0.25, 0.3) is 11.0 Å². The Labute approximate surface area is 127 Å². The molecule has 2 aromatic rings. The van der Waals surface area contributed by atoms with Crippen LogP contribution in [-0.4, -0.2) is 11.7 Å². The fraction of sp³-hybridized carbons (Fsp3) is 0.400. The molecule has 0 radical (unpaired) electrons. The summed E-state index contributed by atoms with van der Waals surface area (Å²) in [6.45, 7) is 9.46. The van der Waals surface area contributed by atoms with Crippen LogP contribution >= 0.6 is 15.9 Å². The average molecular weight is 342 g/mol. The van der Waals surface area contributed by atoms with Crippen molar-refractivity contribution in [1.82, 2.24) is 0 Å². The van der Waals surface area contributed by atoms with Crippen molar-refractivity contribution in [2.45, 2.75) is 40.2 Å². The van der Waals surface area contributed by atoms with Gasteiger partial charge in [-0.1, -0.05) is 13.8 Å². The Morgan fingerprint density at radius 2 is 1.95 bits per heavy atom. The number of ether oxygens (including phenoxy) is 1. The van der Waals surface area contributed by atoms with E-state index in [0.29, 0.717) is 5.69 Å². The molecule has 0 unspecified atom stereocenters. The van der Waals surface area contributed by atoms with Crippen molar-refractivity contribution < 1.29 is 13.9 Å². The highest BCUT2D eigenvalue weighted by Crippen LogP contribution is 2.29. The molecule has 4 nitrogen and oxygen atoms in total. The molecule has 0 bridgehead atoms. The van der Waals surface area contributed by atoms with Crippen LogP contribution in [-0.2, 0) is 4.74 Å². The zero-order valence-corrected chi connectivity index (χ0v) is 14.0. The molecule has 1 N–H and O–H groups in total. The predicted octanol–water partition coefficient (Wildman–Crippen LogP) is 5.57. The minimum Gasteiger partial charge on any atom is -0.463 e.